The molecule has 0 atom stereocenters. The third kappa shape index (κ3) is 15.3. The van der Waals surface area contributed by atoms with E-state index >= 15 is 17.6 Å². The molecule has 140 heavy (non-hydrogen) atoms. The number of anilines is 6. The van der Waals surface area contributed by atoms with Gasteiger partial charge in [-0.05, 0) is 162 Å². The Morgan fingerprint density at radius 3 is 0.457 bits per heavy atom. The van der Waals surface area contributed by atoms with Crippen molar-refractivity contribution in [1.29, 1.82) is 0 Å². The van der Waals surface area contributed by atoms with Crippen LogP contribution in [0.2, 0.25) is 20.1 Å². The number of benzene rings is 12. The second-order valence-electron chi connectivity index (χ2n) is 40.4. The standard InChI is InChI=1S/2C38H36Cl2N2O4.C38H34F4N2O4/c1-17(2)21-11-9-12-22(18(3)4)33(21)41-35(43)25-15-28(40)32-30-26(16-27(39)31(29(25)30)37(41)45)36(44)42(38(32)46)34-23(19(5)6)13-10-14-24(34)20(7)8;1-17(2)21-11-9-12-22(18(3)4)33(21)41-35(43)25-15-27(39)30-32-29(25)26(36(41)44)16-28(40)31(32)38(46)42(37(30)45)34-23(19(5)6)13-10-14-24(34)20(7)8;1-15(2)19-11-9-12-20(16(3)4)33(19)43-35(45)25-23-24-27(31(41)29(25)39)37(47)44(34-21(17(5)6)13-10-14-22(34)18(7)8)38(48)28(24)32(42)30(40)26(23)36(43)46/h2*9-20H,1-8H3;9-18H,1-8H3. The molecule has 0 bridgehead atoms. The van der Waals surface area contributed by atoms with E-state index in [1.807, 2.05) is 184 Å². The average molecular weight is 1970 g/mol. The molecule has 18 nitrogen and oxygen atoms in total. The first kappa shape index (κ1) is 100. The summed E-state index contributed by atoms with van der Waals surface area (Å²) in [6.07, 6.45) is 0. The van der Waals surface area contributed by atoms with Crippen molar-refractivity contribution in [2.45, 2.75) is 237 Å². The van der Waals surface area contributed by atoms with Crippen LogP contribution in [-0.4, -0.2) is 70.9 Å². The highest BCUT2D eigenvalue weighted by molar-refractivity contribution is 6.53. The summed E-state index contributed by atoms with van der Waals surface area (Å²) in [4.78, 5) is 179. The number of para-hydroxylation sites is 6. The van der Waals surface area contributed by atoms with Crippen molar-refractivity contribution in [2.75, 3.05) is 29.4 Å². The van der Waals surface area contributed by atoms with Gasteiger partial charge in [-0.2, -0.15) is 0 Å². The summed E-state index contributed by atoms with van der Waals surface area (Å²) in [6.45, 7) is 46.5. The third-order valence-electron chi connectivity index (χ3n) is 27.6. The zero-order valence-corrected chi connectivity index (χ0v) is 85.3. The molecule has 0 unspecified atom stereocenters. The Hall–Kier alpha value is -12.9. The van der Waals surface area contributed by atoms with Gasteiger partial charge in [0.25, 0.3) is 70.9 Å². The molecule has 6 aliphatic rings. The fraction of sp³-hybridized carbons (Fsp3) is 0.316. The molecule has 6 aliphatic heterocycles. The van der Waals surface area contributed by atoms with Crippen molar-refractivity contribution in [1.82, 2.24) is 0 Å². The number of carbonyl (C=O) groups is 12. The van der Waals surface area contributed by atoms with E-state index < -0.39 is 127 Å². The molecule has 26 heteroatoms. The van der Waals surface area contributed by atoms with Gasteiger partial charge in [-0.3, -0.25) is 57.5 Å². The number of hydrogen-bond acceptors (Lipinski definition) is 12. The molecule has 0 saturated carbocycles. The van der Waals surface area contributed by atoms with Crippen LogP contribution in [0.5, 0.6) is 0 Å². The lowest BCUT2D eigenvalue weighted by Gasteiger charge is -2.36. The van der Waals surface area contributed by atoms with Crippen LogP contribution in [0.3, 0.4) is 0 Å². The van der Waals surface area contributed by atoms with Crippen molar-refractivity contribution in [3.05, 3.63) is 310 Å². The Balaban J connectivity index is 0.000000151. The van der Waals surface area contributed by atoms with Crippen molar-refractivity contribution in [3.8, 4) is 0 Å². The second-order valence-corrected chi connectivity index (χ2v) is 42.0. The Morgan fingerprint density at radius 2 is 0.300 bits per heavy atom. The largest absolute Gasteiger partial charge is 0.269 e. The fourth-order valence-corrected chi connectivity index (χ4v) is 22.0. The lowest BCUT2D eigenvalue weighted by molar-refractivity contribution is 0.0862. The van der Waals surface area contributed by atoms with Gasteiger partial charge in [-0.15, -0.1) is 0 Å². The minimum Gasteiger partial charge on any atom is -0.268 e. The molecule has 18 rings (SSSR count). The third-order valence-corrected chi connectivity index (χ3v) is 28.8. The van der Waals surface area contributed by atoms with Crippen LogP contribution < -0.4 is 29.4 Å². The molecular weight excluding hydrogens is 1860 g/mol. The Kier molecular flexibility index (Phi) is 26.4. The van der Waals surface area contributed by atoms with Crippen LogP contribution in [0.1, 0.15) is 428 Å². The topological polar surface area (TPSA) is 224 Å². The molecule has 0 spiro atoms. The smallest absolute Gasteiger partial charge is 0.268 e. The maximum absolute atomic E-state index is 16.4. The van der Waals surface area contributed by atoms with Crippen LogP contribution in [-0.2, 0) is 0 Å². The Morgan fingerprint density at radius 1 is 0.179 bits per heavy atom. The number of nitrogens with zero attached hydrogens (tertiary/aromatic N) is 6. The average Bonchev–Trinajstić information content (AvgIpc) is 0.679. The summed E-state index contributed by atoms with van der Waals surface area (Å²) < 4.78 is 65.5. The number of halogens is 8. The van der Waals surface area contributed by atoms with Crippen molar-refractivity contribution < 1.29 is 75.1 Å². The van der Waals surface area contributed by atoms with Crippen LogP contribution in [0.25, 0.3) is 32.3 Å². The monoisotopic (exact) mass is 1970 g/mol. The Labute approximate surface area is 830 Å². The quantitative estimate of drug-likeness (QED) is 0.0578. The Bertz CT molecular complexity index is 6980. The second kappa shape index (κ2) is 37.0. The predicted octanol–water partition coefficient (Wildman–Crippen LogP) is 30.0. The molecule has 0 saturated heterocycles. The normalized spacial score (nSPS) is 14.7. The van der Waals surface area contributed by atoms with Gasteiger partial charge in [-0.25, -0.2) is 47.0 Å². The molecule has 0 aliphatic carbocycles. The van der Waals surface area contributed by atoms with Crippen LogP contribution in [0.4, 0.5) is 51.7 Å². The van der Waals surface area contributed by atoms with Gasteiger partial charge in [0.1, 0.15) is 0 Å². The molecule has 0 aromatic heterocycles. The minimum absolute atomic E-state index is 0.00248. The molecule has 0 fully saturated rings. The number of amides is 12. The first-order valence-electron chi connectivity index (χ1n) is 47.3. The highest BCUT2D eigenvalue weighted by Crippen LogP contribution is 2.55. The van der Waals surface area contributed by atoms with Crippen LogP contribution in [0, 0.1) is 23.3 Å². The molecule has 6 heterocycles. The van der Waals surface area contributed by atoms with E-state index in [4.69, 9.17) is 46.4 Å². The first-order valence-corrected chi connectivity index (χ1v) is 48.8. The number of rotatable bonds is 18. The summed E-state index contributed by atoms with van der Waals surface area (Å²) in [7, 11) is 0. The van der Waals surface area contributed by atoms with Gasteiger partial charge in [0.05, 0.1) is 121 Å². The van der Waals surface area contributed by atoms with Crippen molar-refractivity contribution in [2.24, 2.45) is 0 Å². The van der Waals surface area contributed by atoms with Crippen LogP contribution in [0.15, 0.2) is 133 Å². The lowest BCUT2D eigenvalue weighted by Crippen LogP contribution is -2.47. The molecule has 12 amide bonds. The molecule has 0 radical (unpaired) electrons. The fourth-order valence-electron chi connectivity index (χ4n) is 20.9. The van der Waals surface area contributed by atoms with Gasteiger partial charge >= 0.3 is 0 Å². The maximum atomic E-state index is 16.4. The predicted molar refractivity (Wildman–Crippen MR) is 546 cm³/mol. The van der Waals surface area contributed by atoms with E-state index in [0.717, 1.165) is 44.5 Å². The molecule has 720 valence electrons. The van der Waals surface area contributed by atoms with Gasteiger partial charge in [-0.1, -0.05) is 322 Å². The SMILES string of the molecule is CC(C)c1cccc(C(C)C)c1N1C(=O)c2c(F)c(F)c3c4c(c(F)c(F)c(c24)C1=O)C(=O)N(c1c(C(C)C)cccc1C(C)C)C3=O.CC(C)c1cccc(C(C)C)c1N1C(=O)c2cc(Cl)c3c4c(c(Cl)cc(c24)C1=O)C(=O)N(c1c(C(C)C)cccc1C(C)C)C3=O.CC(C)c1cccc(C(C)C)c1N1C(=O)c2cc(Cl)c3c4c(cc(Cl)c(c24)C1=O)C(=O)N(c1c(C(C)C)cccc1C(C)C)C3=O. The summed E-state index contributed by atoms with van der Waals surface area (Å²) >= 11 is 27.7. The van der Waals surface area contributed by atoms with E-state index in [2.05, 4.69) is 0 Å². The molecule has 12 aromatic rings. The van der Waals surface area contributed by atoms with Gasteiger partial charge in [0.2, 0.25) is 0 Å². The van der Waals surface area contributed by atoms with E-state index in [0.29, 0.717) is 54.8 Å². The molecule has 12 aromatic carbocycles. The van der Waals surface area contributed by atoms with E-state index in [1.54, 1.807) is 91.8 Å². The first-order chi connectivity index (χ1) is 65.9. The maximum Gasteiger partial charge on any atom is 0.269 e. The van der Waals surface area contributed by atoms with Crippen molar-refractivity contribution in [3.63, 3.8) is 0 Å². The summed E-state index contributed by atoms with van der Waals surface area (Å²) in [5.41, 5.74) is 7.44. The molecule has 0 N–H and O–H groups in total. The minimum atomic E-state index is -1.81. The zero-order chi connectivity index (χ0) is 102. The van der Waals surface area contributed by atoms with Gasteiger partial charge in [0.15, 0.2) is 23.3 Å². The number of carbonyl (C=O) groups excluding carboxylic acids is 12. The van der Waals surface area contributed by atoms with E-state index in [9.17, 15) is 57.5 Å². The highest BCUT2D eigenvalue weighted by Gasteiger charge is 2.53. The van der Waals surface area contributed by atoms with E-state index in [-0.39, 0.29) is 169 Å². The highest BCUT2D eigenvalue weighted by atomic mass is 35.5. The summed E-state index contributed by atoms with van der Waals surface area (Å²) in [6, 6.07) is 39.0. The molecular formula is C114H106Cl4F4N6O12. The summed E-state index contributed by atoms with van der Waals surface area (Å²) in [5, 5.41) is -0.805. The zero-order valence-electron chi connectivity index (χ0n) is 82.2. The van der Waals surface area contributed by atoms with Gasteiger partial charge < -0.3 is 0 Å². The van der Waals surface area contributed by atoms with Crippen LogP contribution >= 0.6 is 46.4 Å². The van der Waals surface area contributed by atoms with Crippen molar-refractivity contribution >= 4 is 184 Å². The number of imide groups is 6. The van der Waals surface area contributed by atoms with E-state index in [1.165, 1.54) is 43.9 Å². The lowest BCUT2D eigenvalue weighted by atomic mass is 9.82. The number of hydrogen-bond donors (Lipinski definition) is 0. The summed E-state index contributed by atoms with van der Waals surface area (Å²) in [5.74, 6) is -18.3. The van der Waals surface area contributed by atoms with Gasteiger partial charge in [0, 0.05) is 32.3 Å².